The molecule has 1 aliphatic rings. The maximum Gasteiger partial charge on any atom is 0.141 e. The van der Waals surface area contributed by atoms with Gasteiger partial charge in [0, 0.05) is 17.2 Å². The summed E-state index contributed by atoms with van der Waals surface area (Å²) in [5, 5.41) is 0.521. The van der Waals surface area contributed by atoms with Crippen molar-refractivity contribution in [2.75, 3.05) is 0 Å². The second-order valence-corrected chi connectivity index (χ2v) is 4.13. The van der Waals surface area contributed by atoms with Crippen LogP contribution in [0.1, 0.15) is 6.42 Å². The molecular formula is C6H6Cl3N. The van der Waals surface area contributed by atoms with Crippen LogP contribution in [0, 0.1) is 0 Å². The predicted molar refractivity (Wildman–Crippen MR) is 45.3 cm³/mol. The molecule has 0 aromatic carbocycles. The number of halogens is 3. The van der Waals surface area contributed by atoms with E-state index in [0.29, 0.717) is 17.2 Å². The molecular weight excluding hydrogens is 192 g/mol. The Morgan fingerprint density at radius 3 is 2.50 bits per heavy atom. The summed E-state index contributed by atoms with van der Waals surface area (Å²) in [5.41, 5.74) is 5.98. The number of hydrogen-bond donors (Lipinski definition) is 1. The standard InChI is InChI=1S/C6H6Cl3N/c7-4-3-6(8,9)2-1-5(4)10/h1-2H,3,10H2. The maximum atomic E-state index is 5.74. The third-order valence-corrected chi connectivity index (χ3v) is 2.08. The largest absolute Gasteiger partial charge is 0.398 e. The predicted octanol–water partition coefficient (Wildman–Crippen LogP) is 2.53. The molecule has 0 saturated carbocycles. The first-order valence-electron chi connectivity index (χ1n) is 2.72. The Labute approximate surface area is 74.4 Å². The molecule has 56 valence electrons. The average Bonchev–Trinajstić information content (AvgIpc) is 1.79. The average molecular weight is 198 g/mol. The van der Waals surface area contributed by atoms with Crippen LogP contribution < -0.4 is 5.73 Å². The Morgan fingerprint density at radius 2 is 2.10 bits per heavy atom. The van der Waals surface area contributed by atoms with Crippen LogP contribution in [0.25, 0.3) is 0 Å². The van der Waals surface area contributed by atoms with Gasteiger partial charge in [0.25, 0.3) is 0 Å². The highest BCUT2D eigenvalue weighted by Crippen LogP contribution is 2.36. The first-order valence-corrected chi connectivity index (χ1v) is 3.86. The smallest absolute Gasteiger partial charge is 0.141 e. The fourth-order valence-electron chi connectivity index (χ4n) is 0.670. The van der Waals surface area contributed by atoms with Gasteiger partial charge in [0.2, 0.25) is 0 Å². The zero-order chi connectivity index (χ0) is 7.78. The van der Waals surface area contributed by atoms with Crippen molar-refractivity contribution in [2.24, 2.45) is 5.73 Å². The molecule has 1 aliphatic carbocycles. The topological polar surface area (TPSA) is 26.0 Å². The van der Waals surface area contributed by atoms with Gasteiger partial charge >= 0.3 is 0 Å². The first-order chi connectivity index (χ1) is 4.51. The van der Waals surface area contributed by atoms with E-state index in [0.717, 1.165) is 0 Å². The van der Waals surface area contributed by atoms with Gasteiger partial charge in [-0.15, -0.1) is 0 Å². The monoisotopic (exact) mass is 197 g/mol. The van der Waals surface area contributed by atoms with E-state index in [1.165, 1.54) is 0 Å². The van der Waals surface area contributed by atoms with Crippen molar-refractivity contribution in [3.8, 4) is 0 Å². The summed E-state index contributed by atoms with van der Waals surface area (Å²) in [5.74, 6) is 0. The van der Waals surface area contributed by atoms with Gasteiger partial charge in [-0.05, 0) is 12.2 Å². The first kappa shape index (κ1) is 8.25. The fourth-order valence-corrected chi connectivity index (χ4v) is 1.47. The molecule has 0 saturated heterocycles. The minimum Gasteiger partial charge on any atom is -0.398 e. The molecule has 0 atom stereocenters. The third kappa shape index (κ3) is 1.82. The Balaban J connectivity index is 2.85. The molecule has 0 aromatic rings. The van der Waals surface area contributed by atoms with Gasteiger partial charge in [0.1, 0.15) is 4.33 Å². The van der Waals surface area contributed by atoms with Crippen molar-refractivity contribution in [1.82, 2.24) is 0 Å². The molecule has 0 bridgehead atoms. The van der Waals surface area contributed by atoms with E-state index in [1.807, 2.05) is 0 Å². The second-order valence-electron chi connectivity index (χ2n) is 2.13. The molecule has 10 heavy (non-hydrogen) atoms. The summed E-state index contributed by atoms with van der Waals surface area (Å²) >= 11 is 17.2. The van der Waals surface area contributed by atoms with E-state index in [-0.39, 0.29) is 0 Å². The lowest BCUT2D eigenvalue weighted by atomic mass is 10.1. The van der Waals surface area contributed by atoms with E-state index >= 15 is 0 Å². The minimum absolute atomic E-state index is 0.389. The summed E-state index contributed by atoms with van der Waals surface area (Å²) in [4.78, 5) is 0. The Hall–Kier alpha value is 0.150. The van der Waals surface area contributed by atoms with Gasteiger partial charge in [-0.1, -0.05) is 34.8 Å². The number of nitrogens with two attached hydrogens (primary N) is 1. The van der Waals surface area contributed by atoms with Crippen molar-refractivity contribution < 1.29 is 0 Å². The van der Waals surface area contributed by atoms with Crippen LogP contribution in [0.5, 0.6) is 0 Å². The molecule has 0 fully saturated rings. The van der Waals surface area contributed by atoms with Crippen LogP contribution in [-0.2, 0) is 0 Å². The van der Waals surface area contributed by atoms with E-state index in [9.17, 15) is 0 Å². The van der Waals surface area contributed by atoms with Crippen LogP contribution in [-0.4, -0.2) is 4.33 Å². The van der Waals surface area contributed by atoms with Crippen LogP contribution >= 0.6 is 34.8 Å². The van der Waals surface area contributed by atoms with Gasteiger partial charge in [0.05, 0.1) is 0 Å². The molecule has 0 aliphatic heterocycles. The van der Waals surface area contributed by atoms with E-state index in [4.69, 9.17) is 40.5 Å². The maximum absolute atomic E-state index is 5.74. The summed E-state index contributed by atoms with van der Waals surface area (Å²) in [7, 11) is 0. The number of allylic oxidation sites excluding steroid dienone is 3. The lowest BCUT2D eigenvalue weighted by molar-refractivity contribution is 0.926. The third-order valence-electron chi connectivity index (χ3n) is 1.21. The SMILES string of the molecule is NC1=C(Cl)CC(Cl)(Cl)C=C1. The van der Waals surface area contributed by atoms with Crippen LogP contribution in [0.3, 0.4) is 0 Å². The van der Waals surface area contributed by atoms with E-state index in [1.54, 1.807) is 12.2 Å². The van der Waals surface area contributed by atoms with E-state index < -0.39 is 4.33 Å². The van der Waals surface area contributed by atoms with Gasteiger partial charge in [-0.3, -0.25) is 0 Å². The zero-order valence-corrected chi connectivity index (χ0v) is 7.34. The lowest BCUT2D eigenvalue weighted by Crippen LogP contribution is -2.15. The highest BCUT2D eigenvalue weighted by Gasteiger charge is 2.25. The molecule has 0 aromatic heterocycles. The highest BCUT2D eigenvalue weighted by molar-refractivity contribution is 6.50. The fraction of sp³-hybridized carbons (Fsp3) is 0.333. The van der Waals surface area contributed by atoms with Gasteiger partial charge < -0.3 is 5.73 Å². The molecule has 1 rings (SSSR count). The molecule has 0 heterocycles. The van der Waals surface area contributed by atoms with Gasteiger partial charge in [-0.25, -0.2) is 0 Å². The number of rotatable bonds is 0. The lowest BCUT2D eigenvalue weighted by Gasteiger charge is -2.18. The molecule has 0 unspecified atom stereocenters. The quantitative estimate of drug-likeness (QED) is 0.595. The normalized spacial score (nSPS) is 23.5. The van der Waals surface area contributed by atoms with Crippen LogP contribution in [0.4, 0.5) is 0 Å². The van der Waals surface area contributed by atoms with E-state index in [2.05, 4.69) is 0 Å². The highest BCUT2D eigenvalue weighted by atomic mass is 35.5. The summed E-state index contributed by atoms with van der Waals surface area (Å²) in [6.45, 7) is 0. The number of alkyl halides is 2. The van der Waals surface area contributed by atoms with Crippen molar-refractivity contribution in [3.63, 3.8) is 0 Å². The van der Waals surface area contributed by atoms with Crippen molar-refractivity contribution in [3.05, 3.63) is 22.9 Å². The van der Waals surface area contributed by atoms with Crippen LogP contribution in [0.15, 0.2) is 22.9 Å². The molecule has 0 radical (unpaired) electrons. The Kier molecular flexibility index (Phi) is 2.18. The Bertz CT molecular complexity index is 205. The van der Waals surface area contributed by atoms with Crippen molar-refractivity contribution in [1.29, 1.82) is 0 Å². The second kappa shape index (κ2) is 2.65. The molecule has 4 heteroatoms. The summed E-state index contributed by atoms with van der Waals surface area (Å²) in [6.07, 6.45) is 3.63. The van der Waals surface area contributed by atoms with Gasteiger partial charge in [0.15, 0.2) is 0 Å². The van der Waals surface area contributed by atoms with Crippen LogP contribution in [0.2, 0.25) is 0 Å². The molecule has 1 nitrogen and oxygen atoms in total. The molecule has 0 spiro atoms. The molecule has 0 amide bonds. The van der Waals surface area contributed by atoms with Gasteiger partial charge in [-0.2, -0.15) is 0 Å². The molecule has 2 N–H and O–H groups in total. The number of hydrogen-bond acceptors (Lipinski definition) is 1. The summed E-state index contributed by atoms with van der Waals surface area (Å²) in [6, 6.07) is 0. The minimum atomic E-state index is -0.875. The van der Waals surface area contributed by atoms with Crippen molar-refractivity contribution >= 4 is 34.8 Å². The summed E-state index contributed by atoms with van der Waals surface area (Å²) < 4.78 is -0.875. The Morgan fingerprint density at radius 1 is 1.50 bits per heavy atom. The van der Waals surface area contributed by atoms with Crippen molar-refractivity contribution in [2.45, 2.75) is 10.8 Å². The zero-order valence-electron chi connectivity index (χ0n) is 5.07.